The zero-order valence-corrected chi connectivity index (χ0v) is 32.9. The van der Waals surface area contributed by atoms with E-state index in [9.17, 15) is 39.3 Å². The average molecular weight is 798 g/mol. The van der Waals surface area contributed by atoms with Crippen LogP contribution in [0.5, 0.6) is 0 Å². The summed E-state index contributed by atoms with van der Waals surface area (Å²) in [5.41, 5.74) is -7.50. The van der Waals surface area contributed by atoms with Gasteiger partial charge in [-0.1, -0.05) is 38.1 Å². The molecule has 0 spiro atoms. The van der Waals surface area contributed by atoms with Gasteiger partial charge in [0, 0.05) is 43.9 Å². The van der Waals surface area contributed by atoms with Gasteiger partial charge in [-0.3, -0.25) is 19.2 Å². The Morgan fingerprint density at radius 2 is 1.64 bits per heavy atom. The molecule has 16 heteroatoms. The lowest BCUT2D eigenvalue weighted by atomic mass is 9.44. The summed E-state index contributed by atoms with van der Waals surface area (Å²) in [4.78, 5) is 81.7. The molecule has 3 fully saturated rings. The van der Waals surface area contributed by atoms with Crippen molar-refractivity contribution in [1.82, 2.24) is 5.32 Å². The molecule has 4 N–H and O–H groups in total. The molecule has 1 aromatic heterocycles. The van der Waals surface area contributed by atoms with Gasteiger partial charge in [0.25, 0.3) is 0 Å². The number of thiophene rings is 1. The highest BCUT2D eigenvalue weighted by Crippen LogP contribution is 2.64. The van der Waals surface area contributed by atoms with Gasteiger partial charge >= 0.3 is 23.9 Å². The van der Waals surface area contributed by atoms with Crippen LogP contribution in [0.3, 0.4) is 0 Å². The van der Waals surface area contributed by atoms with E-state index in [0.29, 0.717) is 4.88 Å². The lowest BCUT2D eigenvalue weighted by Crippen LogP contribution is -2.82. The summed E-state index contributed by atoms with van der Waals surface area (Å²) in [5.74, 6) is -6.70. The van der Waals surface area contributed by atoms with Gasteiger partial charge in [-0.2, -0.15) is 0 Å². The Labute approximate surface area is 327 Å². The van der Waals surface area contributed by atoms with Crippen LogP contribution in [0, 0.1) is 16.7 Å². The molecule has 10 unspecified atom stereocenters. The predicted octanol–water partition coefficient (Wildman–Crippen LogP) is 2.50. The van der Waals surface area contributed by atoms with Gasteiger partial charge in [-0.15, -0.1) is 11.3 Å². The van der Waals surface area contributed by atoms with Crippen molar-refractivity contribution in [2.24, 2.45) is 16.7 Å². The minimum atomic E-state index is -2.36. The molecule has 2 bridgehead atoms. The first-order valence-corrected chi connectivity index (χ1v) is 19.2. The summed E-state index contributed by atoms with van der Waals surface area (Å²) < 4.78 is 30.0. The number of hydrogen-bond acceptors (Lipinski definition) is 15. The maximum Gasteiger partial charge on any atom is 0.338 e. The van der Waals surface area contributed by atoms with Crippen LogP contribution in [0.2, 0.25) is 0 Å². The molecule has 4 aliphatic rings. The number of benzene rings is 1. The second-order valence-electron chi connectivity index (χ2n) is 15.8. The van der Waals surface area contributed by atoms with Crippen molar-refractivity contribution in [1.29, 1.82) is 0 Å². The van der Waals surface area contributed by atoms with E-state index in [2.05, 4.69) is 5.32 Å². The maximum atomic E-state index is 15.3. The Morgan fingerprint density at radius 1 is 0.964 bits per heavy atom. The highest BCUT2D eigenvalue weighted by molar-refractivity contribution is 7.10. The summed E-state index contributed by atoms with van der Waals surface area (Å²) in [6.45, 7) is 9.20. The van der Waals surface area contributed by atoms with E-state index in [1.807, 2.05) is 0 Å². The second kappa shape index (κ2) is 14.8. The number of Topliss-reactive ketones (excluding diaryl/α,β-unsaturated/α-hetero) is 1. The number of ketones is 1. The molecule has 11 atom stereocenters. The van der Waals surface area contributed by atoms with Gasteiger partial charge < -0.3 is 44.3 Å². The Hall–Kier alpha value is -4.48. The highest BCUT2D eigenvalue weighted by atomic mass is 32.1. The minimum Gasteiger partial charge on any atom is -0.456 e. The molecule has 2 aromatic rings. The van der Waals surface area contributed by atoms with Crippen LogP contribution in [0.4, 0.5) is 0 Å². The number of ether oxygens (including phenoxy) is 5. The number of esters is 4. The average Bonchev–Trinajstić information content (AvgIpc) is 3.66. The maximum absolute atomic E-state index is 15.3. The van der Waals surface area contributed by atoms with Crippen LogP contribution >= 0.6 is 11.3 Å². The molecule has 6 rings (SSSR count). The fraction of sp³-hybridized carbons (Fsp3) is 0.550. The minimum absolute atomic E-state index is 0.0107. The van der Waals surface area contributed by atoms with Crippen molar-refractivity contribution in [2.45, 2.75) is 115 Å². The molecule has 1 saturated heterocycles. The third-order valence-corrected chi connectivity index (χ3v) is 13.2. The normalized spacial score (nSPS) is 34.1. The third kappa shape index (κ3) is 6.54. The SMILES string of the molecule is CC(=O)NC(c1cccs1)C(O)C(=O)OC1CC2(O)C(OC(=O)c3ccccc3)C3C4(OC(C)=O)COC4CC(O)[C@@]3(C)C(=O)C(OC(C)=O)C(=C1C)C2(C)C. The second-order valence-corrected chi connectivity index (χ2v) is 16.8. The Morgan fingerprint density at radius 3 is 2.20 bits per heavy atom. The van der Waals surface area contributed by atoms with Crippen molar-refractivity contribution in [2.75, 3.05) is 6.61 Å². The Kier molecular flexibility index (Phi) is 10.9. The standard InChI is InChI=1S/C40H47NO14S/c1-19-24(53-36(49)30(46)29(41-20(2)42)25-14-11-15-56-25)17-40(50)34(54-35(48)23-12-9-8-10-13-23)32-38(7,26(45)16-27-39(32,18-51-27)55-22(4)44)33(47)31(52-21(3)43)28(19)37(40,5)6/h8-15,24,26-27,29-32,34,45-46,50H,16-18H2,1-7H3,(H,41,42)/t24?,26?,27?,29?,30?,31?,32?,34?,38-,39?,40?/m1/s1. The van der Waals surface area contributed by atoms with Crippen molar-refractivity contribution in [3.63, 3.8) is 0 Å². The monoisotopic (exact) mass is 797 g/mol. The number of aliphatic hydroxyl groups is 3. The number of fused-ring (bicyclic) bond motifs is 5. The first kappa shape index (κ1) is 41.2. The van der Waals surface area contributed by atoms with E-state index in [-0.39, 0.29) is 29.7 Å². The van der Waals surface area contributed by atoms with Crippen LogP contribution in [0.15, 0.2) is 59.0 Å². The van der Waals surface area contributed by atoms with Gasteiger partial charge in [-0.25, -0.2) is 9.59 Å². The number of aliphatic hydroxyl groups excluding tert-OH is 2. The summed E-state index contributed by atoms with van der Waals surface area (Å²) in [5, 5.41) is 41.1. The van der Waals surface area contributed by atoms with E-state index in [1.54, 1.807) is 49.6 Å². The lowest BCUT2D eigenvalue weighted by Gasteiger charge is -2.67. The van der Waals surface area contributed by atoms with Gasteiger partial charge in [-0.05, 0) is 48.6 Å². The van der Waals surface area contributed by atoms with Crippen molar-refractivity contribution < 1.29 is 67.8 Å². The smallest absolute Gasteiger partial charge is 0.338 e. The Balaban J connectivity index is 1.58. The van der Waals surface area contributed by atoms with Gasteiger partial charge in [0.05, 0.1) is 29.6 Å². The zero-order chi connectivity index (χ0) is 41.1. The van der Waals surface area contributed by atoms with Crippen LogP contribution in [-0.2, 0) is 47.7 Å². The molecule has 15 nitrogen and oxygen atoms in total. The van der Waals surface area contributed by atoms with Gasteiger partial charge in [0.1, 0.15) is 30.0 Å². The zero-order valence-electron chi connectivity index (χ0n) is 32.1. The summed E-state index contributed by atoms with van der Waals surface area (Å²) in [6, 6.07) is 9.92. The number of amides is 1. The summed E-state index contributed by atoms with van der Waals surface area (Å²) in [7, 11) is 0. The fourth-order valence-electron chi connectivity index (χ4n) is 9.36. The molecule has 2 heterocycles. The molecule has 3 aliphatic carbocycles. The fourth-order valence-corrected chi connectivity index (χ4v) is 10.2. The van der Waals surface area contributed by atoms with Crippen LogP contribution in [0.1, 0.15) is 82.6 Å². The largest absolute Gasteiger partial charge is 0.456 e. The van der Waals surface area contributed by atoms with Gasteiger partial charge in [0.2, 0.25) is 5.91 Å². The molecule has 2 saturated carbocycles. The highest BCUT2D eigenvalue weighted by Gasteiger charge is 2.78. The van der Waals surface area contributed by atoms with Crippen molar-refractivity contribution >= 4 is 46.9 Å². The molecule has 0 radical (unpaired) electrons. The molecular weight excluding hydrogens is 750 g/mol. The first-order chi connectivity index (χ1) is 26.2. The molecule has 1 aromatic carbocycles. The van der Waals surface area contributed by atoms with E-state index in [4.69, 9.17) is 23.7 Å². The van der Waals surface area contributed by atoms with E-state index in [0.717, 1.165) is 13.8 Å². The number of hydrogen-bond donors (Lipinski definition) is 4. The Bertz CT molecular complexity index is 1950. The van der Waals surface area contributed by atoms with Crippen LogP contribution < -0.4 is 5.32 Å². The third-order valence-electron chi connectivity index (χ3n) is 12.2. The van der Waals surface area contributed by atoms with Crippen molar-refractivity contribution in [3.05, 3.63) is 69.4 Å². The van der Waals surface area contributed by atoms with Gasteiger partial charge in [0.15, 0.2) is 23.6 Å². The van der Waals surface area contributed by atoms with E-state index in [1.165, 1.54) is 44.2 Å². The number of carbonyl (C=O) groups excluding carboxylic acids is 6. The van der Waals surface area contributed by atoms with Crippen molar-refractivity contribution in [3.8, 4) is 0 Å². The first-order valence-electron chi connectivity index (χ1n) is 18.3. The molecule has 1 aliphatic heterocycles. The van der Waals surface area contributed by atoms with Crippen LogP contribution in [-0.4, -0.2) is 105 Å². The number of carbonyl (C=O) groups is 6. The number of rotatable bonds is 9. The summed E-state index contributed by atoms with van der Waals surface area (Å²) in [6.07, 6.45) is -10.3. The molecular formula is C40H47NO14S. The predicted molar refractivity (Wildman–Crippen MR) is 195 cm³/mol. The van der Waals surface area contributed by atoms with E-state index < -0.39 is 113 Å². The quantitative estimate of drug-likeness (QED) is 0.163. The molecule has 56 heavy (non-hydrogen) atoms. The molecule has 1 amide bonds. The van der Waals surface area contributed by atoms with Crippen LogP contribution in [0.25, 0.3) is 0 Å². The molecule has 302 valence electrons. The topological polar surface area (TPSA) is 221 Å². The lowest BCUT2D eigenvalue weighted by molar-refractivity contribution is -0.346. The summed E-state index contributed by atoms with van der Waals surface area (Å²) >= 11 is 1.18. The van der Waals surface area contributed by atoms with E-state index >= 15 is 4.79 Å². The number of nitrogens with one attached hydrogen (secondary N) is 1.